The van der Waals surface area contributed by atoms with Crippen LogP contribution in [0.4, 0.5) is 10.1 Å². The van der Waals surface area contributed by atoms with Crippen LogP contribution in [-0.4, -0.2) is 5.91 Å². The molecule has 2 rings (SSSR count). The van der Waals surface area contributed by atoms with Crippen molar-refractivity contribution in [2.75, 3.05) is 5.32 Å². The molecule has 0 saturated heterocycles. The molecule has 2 aromatic rings. The van der Waals surface area contributed by atoms with Crippen molar-refractivity contribution in [3.63, 3.8) is 0 Å². The lowest BCUT2D eigenvalue weighted by Gasteiger charge is -2.10. The van der Waals surface area contributed by atoms with Crippen LogP contribution < -0.4 is 11.1 Å². The Labute approximate surface area is 118 Å². The van der Waals surface area contributed by atoms with Gasteiger partial charge in [-0.2, -0.15) is 0 Å². The molecule has 5 heteroatoms. The number of carbonyl (C=O) groups excluding carboxylic acids is 1. The average Bonchev–Trinajstić information content (AvgIpc) is 2.39. The summed E-state index contributed by atoms with van der Waals surface area (Å²) in [5.41, 5.74) is 6.69. The molecule has 0 spiro atoms. The van der Waals surface area contributed by atoms with Crippen molar-refractivity contribution in [2.24, 2.45) is 5.73 Å². The first-order valence-electron chi connectivity index (χ1n) is 5.64. The second kappa shape index (κ2) is 5.84. The zero-order chi connectivity index (χ0) is 13.8. The molecule has 0 fully saturated rings. The van der Waals surface area contributed by atoms with E-state index >= 15 is 0 Å². The molecular formula is C14H12BrFN2O. The SMILES string of the molecule is NC(=O)c1ccc(F)c(NCc2ccccc2Br)c1. The van der Waals surface area contributed by atoms with E-state index in [1.807, 2.05) is 24.3 Å². The standard InChI is InChI=1S/C14H12BrFN2O/c15-11-4-2-1-3-10(11)8-18-13-7-9(14(17)19)5-6-12(13)16/h1-7,18H,8H2,(H2,17,19). The normalized spacial score (nSPS) is 10.2. The maximum atomic E-state index is 13.6. The van der Waals surface area contributed by atoms with Crippen LogP contribution in [0, 0.1) is 5.82 Å². The molecule has 0 heterocycles. The number of anilines is 1. The van der Waals surface area contributed by atoms with Gasteiger partial charge in [-0.1, -0.05) is 34.1 Å². The van der Waals surface area contributed by atoms with Gasteiger partial charge in [0.05, 0.1) is 5.69 Å². The Balaban J connectivity index is 2.17. The van der Waals surface area contributed by atoms with Gasteiger partial charge in [0.25, 0.3) is 0 Å². The van der Waals surface area contributed by atoms with E-state index in [-0.39, 0.29) is 11.3 Å². The monoisotopic (exact) mass is 322 g/mol. The van der Waals surface area contributed by atoms with Gasteiger partial charge in [-0.05, 0) is 29.8 Å². The van der Waals surface area contributed by atoms with Gasteiger partial charge in [-0.15, -0.1) is 0 Å². The van der Waals surface area contributed by atoms with E-state index in [1.54, 1.807) is 0 Å². The zero-order valence-electron chi connectivity index (χ0n) is 9.99. The second-order valence-electron chi connectivity index (χ2n) is 4.00. The fourth-order valence-corrected chi connectivity index (χ4v) is 2.07. The van der Waals surface area contributed by atoms with Gasteiger partial charge in [0, 0.05) is 16.6 Å². The van der Waals surface area contributed by atoms with Gasteiger partial charge in [0.1, 0.15) is 5.82 Å². The minimum atomic E-state index is -0.580. The number of carbonyl (C=O) groups is 1. The fourth-order valence-electron chi connectivity index (χ4n) is 1.65. The number of amides is 1. The lowest BCUT2D eigenvalue weighted by molar-refractivity contribution is 0.100. The summed E-state index contributed by atoms with van der Waals surface area (Å²) in [6.45, 7) is 0.445. The average molecular weight is 323 g/mol. The molecule has 0 aromatic heterocycles. The Bertz CT molecular complexity index is 616. The van der Waals surface area contributed by atoms with Crippen LogP contribution in [-0.2, 0) is 6.54 Å². The van der Waals surface area contributed by atoms with Gasteiger partial charge in [-0.25, -0.2) is 4.39 Å². The number of nitrogens with one attached hydrogen (secondary N) is 1. The summed E-state index contributed by atoms with van der Waals surface area (Å²) in [5, 5.41) is 2.95. The summed E-state index contributed by atoms with van der Waals surface area (Å²) in [4.78, 5) is 11.1. The quantitative estimate of drug-likeness (QED) is 0.907. The van der Waals surface area contributed by atoms with Gasteiger partial charge >= 0.3 is 0 Å². The number of halogens is 2. The highest BCUT2D eigenvalue weighted by molar-refractivity contribution is 9.10. The zero-order valence-corrected chi connectivity index (χ0v) is 11.6. The minimum absolute atomic E-state index is 0.257. The molecule has 0 atom stereocenters. The third-order valence-electron chi connectivity index (χ3n) is 2.68. The van der Waals surface area contributed by atoms with Crippen molar-refractivity contribution in [2.45, 2.75) is 6.54 Å². The van der Waals surface area contributed by atoms with Crippen LogP contribution in [0.25, 0.3) is 0 Å². The van der Waals surface area contributed by atoms with Crippen LogP contribution in [0.2, 0.25) is 0 Å². The third-order valence-corrected chi connectivity index (χ3v) is 3.45. The molecule has 0 saturated carbocycles. The number of benzene rings is 2. The molecule has 0 aliphatic rings. The van der Waals surface area contributed by atoms with Gasteiger partial charge in [0.15, 0.2) is 0 Å². The first-order chi connectivity index (χ1) is 9.08. The number of primary amides is 1. The van der Waals surface area contributed by atoms with E-state index in [1.165, 1.54) is 18.2 Å². The van der Waals surface area contributed by atoms with Crippen molar-refractivity contribution in [1.29, 1.82) is 0 Å². The van der Waals surface area contributed by atoms with Crippen LogP contribution in [0.15, 0.2) is 46.9 Å². The fraction of sp³-hybridized carbons (Fsp3) is 0.0714. The molecule has 1 amide bonds. The molecule has 0 unspecified atom stereocenters. The molecule has 0 radical (unpaired) electrons. The predicted molar refractivity (Wildman–Crippen MR) is 76.4 cm³/mol. The number of hydrogen-bond donors (Lipinski definition) is 2. The van der Waals surface area contributed by atoms with Gasteiger partial charge in [0.2, 0.25) is 5.91 Å². The summed E-state index contributed by atoms with van der Waals surface area (Å²) >= 11 is 3.42. The molecule has 3 nitrogen and oxygen atoms in total. The smallest absolute Gasteiger partial charge is 0.248 e. The number of rotatable bonds is 4. The molecular weight excluding hydrogens is 311 g/mol. The van der Waals surface area contributed by atoms with Crippen molar-refractivity contribution in [1.82, 2.24) is 0 Å². The molecule has 2 aromatic carbocycles. The van der Waals surface area contributed by atoms with Crippen LogP contribution in [0.3, 0.4) is 0 Å². The first kappa shape index (κ1) is 13.5. The van der Waals surface area contributed by atoms with E-state index in [0.29, 0.717) is 6.54 Å². The largest absolute Gasteiger partial charge is 0.379 e. The molecule has 98 valence electrons. The maximum Gasteiger partial charge on any atom is 0.248 e. The van der Waals surface area contributed by atoms with Crippen LogP contribution >= 0.6 is 15.9 Å². The lowest BCUT2D eigenvalue weighted by atomic mass is 10.1. The van der Waals surface area contributed by atoms with E-state index in [2.05, 4.69) is 21.2 Å². The van der Waals surface area contributed by atoms with Gasteiger partial charge in [-0.3, -0.25) is 4.79 Å². The predicted octanol–water partition coefficient (Wildman–Crippen LogP) is 3.30. The minimum Gasteiger partial charge on any atom is -0.379 e. The van der Waals surface area contributed by atoms with Crippen molar-refractivity contribution >= 4 is 27.5 Å². The summed E-state index contributed by atoms with van der Waals surface area (Å²) in [5.74, 6) is -0.999. The van der Waals surface area contributed by atoms with E-state index < -0.39 is 11.7 Å². The van der Waals surface area contributed by atoms with Crippen molar-refractivity contribution in [3.05, 3.63) is 63.9 Å². The molecule has 0 aliphatic carbocycles. The summed E-state index contributed by atoms with van der Waals surface area (Å²) in [6, 6.07) is 11.6. The maximum absolute atomic E-state index is 13.6. The molecule has 0 bridgehead atoms. The summed E-state index contributed by atoms with van der Waals surface area (Å²) < 4.78 is 14.5. The summed E-state index contributed by atoms with van der Waals surface area (Å²) in [6.07, 6.45) is 0. The Morgan fingerprint density at radius 2 is 2.00 bits per heavy atom. The van der Waals surface area contributed by atoms with Crippen LogP contribution in [0.5, 0.6) is 0 Å². The Kier molecular flexibility index (Phi) is 4.16. The number of nitrogens with two attached hydrogens (primary N) is 1. The highest BCUT2D eigenvalue weighted by Crippen LogP contribution is 2.20. The molecule has 19 heavy (non-hydrogen) atoms. The Morgan fingerprint density at radius 3 is 2.68 bits per heavy atom. The van der Waals surface area contributed by atoms with Crippen molar-refractivity contribution < 1.29 is 9.18 Å². The highest BCUT2D eigenvalue weighted by atomic mass is 79.9. The first-order valence-corrected chi connectivity index (χ1v) is 6.44. The number of hydrogen-bond acceptors (Lipinski definition) is 2. The molecule has 3 N–H and O–H groups in total. The summed E-state index contributed by atoms with van der Waals surface area (Å²) in [7, 11) is 0. The second-order valence-corrected chi connectivity index (χ2v) is 4.86. The third kappa shape index (κ3) is 3.32. The van der Waals surface area contributed by atoms with Crippen LogP contribution in [0.1, 0.15) is 15.9 Å². The van der Waals surface area contributed by atoms with E-state index in [0.717, 1.165) is 10.0 Å². The Morgan fingerprint density at radius 1 is 1.26 bits per heavy atom. The van der Waals surface area contributed by atoms with Gasteiger partial charge < -0.3 is 11.1 Å². The van der Waals surface area contributed by atoms with E-state index in [9.17, 15) is 9.18 Å². The molecule has 0 aliphatic heterocycles. The Hall–Kier alpha value is -1.88. The van der Waals surface area contributed by atoms with Crippen molar-refractivity contribution in [3.8, 4) is 0 Å². The lowest BCUT2D eigenvalue weighted by Crippen LogP contribution is -2.12. The van der Waals surface area contributed by atoms with E-state index in [4.69, 9.17) is 5.73 Å². The topological polar surface area (TPSA) is 55.1 Å². The highest BCUT2D eigenvalue weighted by Gasteiger charge is 2.07.